The van der Waals surface area contributed by atoms with Crippen LogP contribution in [0.1, 0.15) is 0 Å². The van der Waals surface area contributed by atoms with Crippen LogP contribution < -0.4 is 29.6 Å². The molecule has 0 bridgehead atoms. The third-order valence-electron chi connectivity index (χ3n) is 0. The molecule has 0 unspecified atom stereocenters. The van der Waals surface area contributed by atoms with E-state index in [-0.39, 0.29) is 29.6 Å². The van der Waals surface area contributed by atoms with Gasteiger partial charge in [-0.3, -0.25) is 4.55 Å². The third kappa shape index (κ3) is 559. The SMILES string of the molecule is C=C.O=S(=O)([O-])O.[Na+]. The van der Waals surface area contributed by atoms with Gasteiger partial charge in [-0.25, -0.2) is 8.42 Å². The quantitative estimate of drug-likeness (QED) is 0.170. The van der Waals surface area contributed by atoms with Crippen LogP contribution in [0.15, 0.2) is 13.2 Å². The van der Waals surface area contributed by atoms with Crippen LogP contribution in [0.3, 0.4) is 0 Å². The zero-order valence-electron chi connectivity index (χ0n) is 4.49. The summed E-state index contributed by atoms with van der Waals surface area (Å²) in [4.78, 5) is 0. The molecule has 0 aromatic rings. The molecular formula is C2H5NaO4S. The molecule has 0 heterocycles. The van der Waals surface area contributed by atoms with Gasteiger partial charge < -0.3 is 4.55 Å². The molecule has 0 saturated carbocycles. The van der Waals surface area contributed by atoms with Crippen molar-refractivity contribution >= 4 is 10.4 Å². The average Bonchev–Trinajstić information content (AvgIpc) is 1.36. The zero-order chi connectivity index (χ0) is 6.50. The van der Waals surface area contributed by atoms with Crippen molar-refractivity contribution in [2.24, 2.45) is 0 Å². The molecule has 0 aromatic carbocycles. The van der Waals surface area contributed by atoms with Crippen molar-refractivity contribution in [1.29, 1.82) is 0 Å². The molecule has 0 atom stereocenters. The first kappa shape index (κ1) is 15.8. The standard InChI is InChI=1S/C2H4.Na.H2O4S/c1-2;;1-5(2,3)4/h1-2H2;;(H2,1,2,3,4)/q;+1;/p-1. The summed E-state index contributed by atoms with van der Waals surface area (Å²) in [7, 11) is -4.92. The van der Waals surface area contributed by atoms with Crippen molar-refractivity contribution < 1.29 is 47.1 Å². The van der Waals surface area contributed by atoms with E-state index in [0.717, 1.165) is 0 Å². The molecule has 6 heteroatoms. The summed E-state index contributed by atoms with van der Waals surface area (Å²) in [6.45, 7) is 6.00. The van der Waals surface area contributed by atoms with E-state index in [1.807, 2.05) is 0 Å². The predicted octanol–water partition coefficient (Wildman–Crippen LogP) is -3.19. The maximum atomic E-state index is 8.63. The van der Waals surface area contributed by atoms with Crippen LogP contribution in [-0.4, -0.2) is 17.5 Å². The average molecular weight is 148 g/mol. The summed E-state index contributed by atoms with van der Waals surface area (Å²) in [6, 6.07) is 0. The Morgan fingerprint density at radius 1 is 1.38 bits per heavy atom. The fourth-order valence-electron chi connectivity index (χ4n) is 0. The molecule has 0 radical (unpaired) electrons. The van der Waals surface area contributed by atoms with Crippen LogP contribution in [0.25, 0.3) is 0 Å². The van der Waals surface area contributed by atoms with Gasteiger partial charge >= 0.3 is 29.6 Å². The summed E-state index contributed by atoms with van der Waals surface area (Å²) in [5.41, 5.74) is 0. The van der Waals surface area contributed by atoms with E-state index in [1.54, 1.807) is 0 Å². The van der Waals surface area contributed by atoms with Gasteiger partial charge in [-0.2, -0.15) is 0 Å². The maximum Gasteiger partial charge on any atom is 1.00 e. The molecule has 0 saturated heterocycles. The Balaban J connectivity index is -0.0000000750. The van der Waals surface area contributed by atoms with Gasteiger partial charge in [-0.1, -0.05) is 0 Å². The fraction of sp³-hybridized carbons (Fsp3) is 0. The molecular weight excluding hydrogens is 143 g/mol. The van der Waals surface area contributed by atoms with E-state index < -0.39 is 10.4 Å². The number of hydrogen-bond acceptors (Lipinski definition) is 3. The van der Waals surface area contributed by atoms with Crippen molar-refractivity contribution in [3.05, 3.63) is 13.2 Å². The first-order valence-electron chi connectivity index (χ1n) is 1.18. The van der Waals surface area contributed by atoms with Crippen LogP contribution in [0.2, 0.25) is 0 Å². The van der Waals surface area contributed by atoms with Crippen molar-refractivity contribution in [3.8, 4) is 0 Å². The smallest absolute Gasteiger partial charge is 0.726 e. The molecule has 8 heavy (non-hydrogen) atoms. The van der Waals surface area contributed by atoms with E-state index in [9.17, 15) is 0 Å². The third-order valence-corrected chi connectivity index (χ3v) is 0. The minimum Gasteiger partial charge on any atom is -0.726 e. The second-order valence-electron chi connectivity index (χ2n) is 0.428. The second-order valence-corrected chi connectivity index (χ2v) is 1.28. The first-order valence-corrected chi connectivity index (χ1v) is 2.55. The van der Waals surface area contributed by atoms with Gasteiger partial charge in [-0.15, -0.1) is 13.2 Å². The maximum absolute atomic E-state index is 8.63. The summed E-state index contributed by atoms with van der Waals surface area (Å²) in [5.74, 6) is 0. The molecule has 0 aliphatic heterocycles. The van der Waals surface area contributed by atoms with Crippen LogP contribution in [-0.2, 0) is 10.4 Å². The minimum atomic E-state index is -4.92. The second kappa shape index (κ2) is 7.61. The van der Waals surface area contributed by atoms with Gasteiger partial charge in [0.1, 0.15) is 0 Å². The summed E-state index contributed by atoms with van der Waals surface area (Å²) < 4.78 is 32.8. The molecule has 1 N–H and O–H groups in total. The predicted molar refractivity (Wildman–Crippen MR) is 23.6 cm³/mol. The molecule has 44 valence electrons. The molecule has 0 rings (SSSR count). The van der Waals surface area contributed by atoms with Crippen molar-refractivity contribution in [2.45, 2.75) is 0 Å². The van der Waals surface area contributed by atoms with E-state index in [1.165, 1.54) is 0 Å². The zero-order valence-corrected chi connectivity index (χ0v) is 7.31. The van der Waals surface area contributed by atoms with Gasteiger partial charge in [-0.05, 0) is 0 Å². The van der Waals surface area contributed by atoms with Crippen LogP contribution in [0.5, 0.6) is 0 Å². The molecule has 0 fully saturated rings. The van der Waals surface area contributed by atoms with Gasteiger partial charge in [0.25, 0.3) is 0 Å². The Bertz CT molecular complexity index is 108. The van der Waals surface area contributed by atoms with Crippen LogP contribution in [0.4, 0.5) is 0 Å². The summed E-state index contributed by atoms with van der Waals surface area (Å²) in [5, 5.41) is 0. The fourth-order valence-corrected chi connectivity index (χ4v) is 0. The largest absolute Gasteiger partial charge is 1.00 e. The Morgan fingerprint density at radius 2 is 1.38 bits per heavy atom. The van der Waals surface area contributed by atoms with Gasteiger partial charge in [0.15, 0.2) is 0 Å². The first-order chi connectivity index (χ1) is 3.00. The van der Waals surface area contributed by atoms with E-state index in [2.05, 4.69) is 13.2 Å². The molecule has 0 aliphatic carbocycles. The molecule has 0 spiro atoms. The van der Waals surface area contributed by atoms with Crippen molar-refractivity contribution in [1.82, 2.24) is 0 Å². The van der Waals surface area contributed by atoms with E-state index in [0.29, 0.717) is 0 Å². The van der Waals surface area contributed by atoms with Gasteiger partial charge in [0.2, 0.25) is 10.4 Å². The Hall–Kier alpha value is 0.610. The minimum absolute atomic E-state index is 0. The van der Waals surface area contributed by atoms with Crippen molar-refractivity contribution in [3.63, 3.8) is 0 Å². The summed E-state index contributed by atoms with van der Waals surface area (Å²) in [6.07, 6.45) is 0. The normalized spacial score (nSPS) is 7.75. The molecule has 0 aromatic heterocycles. The monoisotopic (exact) mass is 148 g/mol. The number of hydrogen-bond donors (Lipinski definition) is 1. The van der Waals surface area contributed by atoms with Gasteiger partial charge in [0, 0.05) is 0 Å². The number of rotatable bonds is 0. The van der Waals surface area contributed by atoms with Gasteiger partial charge in [0.05, 0.1) is 0 Å². The Morgan fingerprint density at radius 3 is 1.38 bits per heavy atom. The Labute approximate surface area is 70.5 Å². The van der Waals surface area contributed by atoms with Crippen LogP contribution >= 0.6 is 0 Å². The molecule has 4 nitrogen and oxygen atoms in total. The van der Waals surface area contributed by atoms with Crippen molar-refractivity contribution in [2.75, 3.05) is 0 Å². The summed E-state index contributed by atoms with van der Waals surface area (Å²) >= 11 is 0. The molecule has 0 amide bonds. The van der Waals surface area contributed by atoms with E-state index >= 15 is 0 Å². The topological polar surface area (TPSA) is 77.4 Å². The Kier molecular flexibility index (Phi) is 15.1. The molecule has 0 aliphatic rings. The van der Waals surface area contributed by atoms with Crippen LogP contribution in [0, 0.1) is 0 Å². The van der Waals surface area contributed by atoms with E-state index in [4.69, 9.17) is 17.5 Å².